The van der Waals surface area contributed by atoms with Crippen LogP contribution >= 0.6 is 11.3 Å². The average Bonchev–Trinajstić information content (AvgIpc) is 3.58. The van der Waals surface area contributed by atoms with Crippen LogP contribution in [0.2, 0.25) is 23.2 Å². The summed E-state index contributed by atoms with van der Waals surface area (Å²) in [6.45, 7) is 20.3. The zero-order valence-electron chi connectivity index (χ0n) is 36.5. The first-order chi connectivity index (χ1) is 27.4. The summed E-state index contributed by atoms with van der Waals surface area (Å²) in [7, 11) is 0.307. The molecule has 58 heavy (non-hydrogen) atoms. The number of hydrogen-bond acceptors (Lipinski definition) is 9. The van der Waals surface area contributed by atoms with Crippen LogP contribution in [0.4, 0.5) is 9.52 Å². The minimum absolute atomic E-state index is 0.0609. The van der Waals surface area contributed by atoms with Gasteiger partial charge < -0.3 is 23.6 Å². The molecule has 3 aromatic carbocycles. The zero-order chi connectivity index (χ0) is 42.6. The number of aromatic nitrogens is 1. The number of ether oxygens (including phenoxy) is 2. The van der Waals surface area contributed by atoms with Crippen LogP contribution in [0, 0.1) is 17.7 Å². The number of methoxy groups -OCH3 is 1. The molecule has 1 heterocycles. The summed E-state index contributed by atoms with van der Waals surface area (Å²) >= 11 is 1.43. The summed E-state index contributed by atoms with van der Waals surface area (Å²) in [6.07, 6.45) is 2.50. The fourth-order valence-electron chi connectivity index (χ4n) is 6.42. The first-order valence-electron chi connectivity index (χ1n) is 20.2. The standard InChI is InChI=1S/C46H64FN3O5SSi2/c1-45(2,3)57(10,11)54-34-36(55-58(46(4,5)6,37-23-14-12-15-24-37)38-25-16-13-17-26-38)22-18-30-48-44-49-42(43(51)52-9)41(56-44)27-20-32-53-40-29-28-35(33-39(40)47)21-19-31-50(7)8/h12-17,23-26,28-29,33,36H,18,20,22,27,30-32,34H2,1-11H3,(H,48,49). The van der Waals surface area contributed by atoms with Gasteiger partial charge in [-0.2, -0.15) is 0 Å². The van der Waals surface area contributed by atoms with E-state index in [1.807, 2.05) is 19.0 Å². The summed E-state index contributed by atoms with van der Waals surface area (Å²) in [5.41, 5.74) is 0.887. The molecule has 0 radical (unpaired) electrons. The predicted molar refractivity (Wildman–Crippen MR) is 242 cm³/mol. The normalized spacial score (nSPS) is 12.8. The number of aryl methyl sites for hydroxylation is 1. The van der Waals surface area contributed by atoms with Crippen molar-refractivity contribution >= 4 is 49.4 Å². The number of carbonyl (C=O) groups is 1. The molecule has 0 amide bonds. The number of anilines is 1. The number of thiazole rings is 1. The SMILES string of the molecule is COC(=O)c1nc(NCCCC(CO[Si](C)(C)C(C)(C)C)O[Si](c2ccccc2)(c2ccccc2)C(C)(C)C)sc1CCCOc1ccc(C#CCN(C)C)cc1F. The van der Waals surface area contributed by atoms with E-state index in [-0.39, 0.29) is 34.2 Å². The van der Waals surface area contributed by atoms with Crippen LogP contribution in [0.5, 0.6) is 5.75 Å². The quantitative estimate of drug-likeness (QED) is 0.0434. The van der Waals surface area contributed by atoms with Gasteiger partial charge in [-0.1, -0.05) is 114 Å². The van der Waals surface area contributed by atoms with Crippen molar-refractivity contribution in [1.29, 1.82) is 0 Å². The van der Waals surface area contributed by atoms with Crippen molar-refractivity contribution in [2.45, 2.75) is 96.5 Å². The highest BCUT2D eigenvalue weighted by Crippen LogP contribution is 2.40. The van der Waals surface area contributed by atoms with Crippen LogP contribution in [-0.2, 0) is 20.0 Å². The Balaban J connectivity index is 1.47. The van der Waals surface area contributed by atoms with Crippen molar-refractivity contribution in [2.24, 2.45) is 0 Å². The summed E-state index contributed by atoms with van der Waals surface area (Å²) < 4.78 is 40.1. The largest absolute Gasteiger partial charge is 0.491 e. The number of nitrogens with zero attached hydrogens (tertiary/aromatic N) is 2. The molecular weight excluding hydrogens is 782 g/mol. The summed E-state index contributed by atoms with van der Waals surface area (Å²) in [6, 6.07) is 26.2. The lowest BCUT2D eigenvalue weighted by atomic mass is 10.2. The second-order valence-electron chi connectivity index (χ2n) is 17.5. The number of halogens is 1. The van der Waals surface area contributed by atoms with Gasteiger partial charge >= 0.3 is 5.97 Å². The molecule has 1 atom stereocenters. The number of nitrogens with one attached hydrogen (secondary N) is 1. The maximum absolute atomic E-state index is 14.7. The van der Waals surface area contributed by atoms with E-state index in [1.54, 1.807) is 12.1 Å². The van der Waals surface area contributed by atoms with Crippen LogP contribution in [0.1, 0.15) is 81.7 Å². The van der Waals surface area contributed by atoms with E-state index in [0.717, 1.165) is 17.7 Å². The monoisotopic (exact) mass is 845 g/mol. The smallest absolute Gasteiger partial charge is 0.357 e. The fraction of sp³-hybridized carbons (Fsp3) is 0.478. The van der Waals surface area contributed by atoms with Gasteiger partial charge in [0.25, 0.3) is 8.32 Å². The molecule has 4 aromatic rings. The lowest BCUT2D eigenvalue weighted by Crippen LogP contribution is -2.68. The zero-order valence-corrected chi connectivity index (χ0v) is 39.3. The molecule has 0 aliphatic heterocycles. The first kappa shape index (κ1) is 46.8. The van der Waals surface area contributed by atoms with Gasteiger partial charge in [0.1, 0.15) is 0 Å². The van der Waals surface area contributed by atoms with Gasteiger partial charge in [-0.3, -0.25) is 4.90 Å². The third kappa shape index (κ3) is 12.6. The summed E-state index contributed by atoms with van der Waals surface area (Å²) in [4.78, 5) is 20.1. The summed E-state index contributed by atoms with van der Waals surface area (Å²) in [5.74, 6) is 5.21. The first-order valence-corrected chi connectivity index (χ1v) is 25.8. The van der Waals surface area contributed by atoms with Crippen LogP contribution in [0.3, 0.4) is 0 Å². The van der Waals surface area contributed by atoms with Crippen molar-refractivity contribution in [3.8, 4) is 17.6 Å². The Morgan fingerprint density at radius 3 is 2.12 bits per heavy atom. The van der Waals surface area contributed by atoms with E-state index in [1.165, 1.54) is 34.9 Å². The lowest BCUT2D eigenvalue weighted by molar-refractivity contribution is 0.0593. The Morgan fingerprint density at radius 1 is 0.931 bits per heavy atom. The molecule has 0 aliphatic rings. The third-order valence-electron chi connectivity index (χ3n) is 10.6. The van der Waals surface area contributed by atoms with Crippen LogP contribution in [-0.4, -0.2) is 86.1 Å². The Kier molecular flexibility index (Phi) is 16.9. The number of rotatable bonds is 19. The van der Waals surface area contributed by atoms with Gasteiger partial charge in [0.05, 0.1) is 33.0 Å². The van der Waals surface area contributed by atoms with E-state index in [0.29, 0.717) is 43.2 Å². The van der Waals surface area contributed by atoms with E-state index >= 15 is 0 Å². The van der Waals surface area contributed by atoms with Crippen molar-refractivity contribution in [1.82, 2.24) is 9.88 Å². The average molecular weight is 846 g/mol. The van der Waals surface area contributed by atoms with E-state index in [2.05, 4.69) is 137 Å². The molecule has 314 valence electrons. The predicted octanol–water partition coefficient (Wildman–Crippen LogP) is 9.15. The molecule has 4 rings (SSSR count). The fourth-order valence-corrected chi connectivity index (χ4v) is 13.2. The Hall–Kier alpha value is -3.84. The van der Waals surface area contributed by atoms with Gasteiger partial charge in [-0.15, -0.1) is 11.3 Å². The topological polar surface area (TPSA) is 82.2 Å². The van der Waals surface area contributed by atoms with Gasteiger partial charge in [-0.25, -0.2) is 14.2 Å². The lowest BCUT2D eigenvalue weighted by Gasteiger charge is -2.46. The molecule has 1 aromatic heterocycles. The van der Waals surface area contributed by atoms with Crippen LogP contribution < -0.4 is 20.4 Å². The minimum Gasteiger partial charge on any atom is -0.491 e. The Bertz CT molecular complexity index is 1930. The van der Waals surface area contributed by atoms with Gasteiger partial charge in [0.2, 0.25) is 0 Å². The molecule has 0 fully saturated rings. The Labute approximate surface area is 353 Å². The molecule has 0 bridgehead atoms. The molecule has 0 spiro atoms. The highest BCUT2D eigenvalue weighted by molar-refractivity contribution is 7.15. The summed E-state index contributed by atoms with van der Waals surface area (Å²) in [5, 5.41) is 6.49. The second kappa shape index (κ2) is 20.9. The molecule has 0 saturated carbocycles. The van der Waals surface area contributed by atoms with Crippen molar-refractivity contribution in [3.05, 3.63) is 101 Å². The number of hydrogen-bond donors (Lipinski definition) is 1. The van der Waals surface area contributed by atoms with Gasteiger partial charge in [0, 0.05) is 17.0 Å². The van der Waals surface area contributed by atoms with Gasteiger partial charge in [-0.05, 0) is 91.5 Å². The highest BCUT2D eigenvalue weighted by Gasteiger charge is 2.51. The van der Waals surface area contributed by atoms with E-state index in [9.17, 15) is 9.18 Å². The van der Waals surface area contributed by atoms with Crippen LogP contribution in [0.25, 0.3) is 0 Å². The maximum Gasteiger partial charge on any atom is 0.357 e. The molecule has 1 unspecified atom stereocenters. The second-order valence-corrected chi connectivity index (χ2v) is 27.6. The van der Waals surface area contributed by atoms with Gasteiger partial charge in [0.15, 0.2) is 30.7 Å². The number of carbonyl (C=O) groups excluding carboxylic acids is 1. The number of benzene rings is 3. The van der Waals surface area contributed by atoms with Crippen molar-refractivity contribution in [2.75, 3.05) is 52.8 Å². The van der Waals surface area contributed by atoms with Crippen molar-refractivity contribution in [3.63, 3.8) is 0 Å². The molecule has 0 aliphatic carbocycles. The Morgan fingerprint density at radius 2 is 1.57 bits per heavy atom. The molecular formula is C46H64FN3O5SSi2. The number of esters is 1. The minimum atomic E-state index is -2.84. The third-order valence-corrected chi connectivity index (χ3v) is 21.3. The highest BCUT2D eigenvalue weighted by atomic mass is 32.1. The van der Waals surface area contributed by atoms with E-state index in [4.69, 9.17) is 18.3 Å². The molecule has 0 saturated heterocycles. The molecule has 12 heteroatoms. The molecule has 8 nitrogen and oxygen atoms in total. The maximum atomic E-state index is 14.7. The van der Waals surface area contributed by atoms with Crippen LogP contribution in [0.15, 0.2) is 78.9 Å². The van der Waals surface area contributed by atoms with E-state index < -0.39 is 28.4 Å². The van der Waals surface area contributed by atoms with Crippen molar-refractivity contribution < 1.29 is 27.5 Å². The molecule has 1 N–H and O–H groups in total.